The summed E-state index contributed by atoms with van der Waals surface area (Å²) in [7, 11) is 2.78. The summed E-state index contributed by atoms with van der Waals surface area (Å²) in [6, 6.07) is 17.4. The maximum atomic E-state index is 14.1. The van der Waals surface area contributed by atoms with Crippen LogP contribution in [-0.4, -0.2) is 20.7 Å². The van der Waals surface area contributed by atoms with E-state index in [4.69, 9.17) is 4.74 Å². The predicted octanol–water partition coefficient (Wildman–Crippen LogP) is 2.71. The Morgan fingerprint density at radius 2 is 1.34 bits per heavy atom. The fraction of sp³-hybridized carbons (Fsp3) is 0.120. The van der Waals surface area contributed by atoms with Crippen LogP contribution in [0, 0.1) is 0 Å². The summed E-state index contributed by atoms with van der Waals surface area (Å²) in [5, 5.41) is 1.44. The second kappa shape index (κ2) is 5.91. The Labute approximate surface area is 181 Å². The quantitative estimate of drug-likeness (QED) is 0.405. The van der Waals surface area contributed by atoms with Gasteiger partial charge in [-0.15, -0.1) is 0 Å². The van der Waals surface area contributed by atoms with Gasteiger partial charge in [0.2, 0.25) is 5.88 Å². The zero-order valence-corrected chi connectivity index (χ0v) is 17.2. The lowest BCUT2D eigenvalue weighted by molar-refractivity contribution is 0.0816. The van der Waals surface area contributed by atoms with E-state index in [0.29, 0.717) is 10.9 Å². The zero-order chi connectivity index (χ0) is 22.4. The third kappa shape index (κ3) is 1.91. The highest BCUT2D eigenvalue weighted by Crippen LogP contribution is 2.54. The van der Waals surface area contributed by atoms with Crippen molar-refractivity contribution in [3.63, 3.8) is 0 Å². The highest BCUT2D eigenvalue weighted by atomic mass is 16.5. The van der Waals surface area contributed by atoms with Crippen LogP contribution in [-0.2, 0) is 19.5 Å². The normalized spacial score (nSPS) is 15.4. The molecule has 4 aromatic rings. The molecule has 6 rings (SSSR count). The number of hydrogen-bond donors (Lipinski definition) is 0. The molecule has 0 saturated carbocycles. The minimum atomic E-state index is -1.94. The molecule has 32 heavy (non-hydrogen) atoms. The number of Topliss-reactive ketones (excluding diaryl/α,β-unsaturated/α-hetero) is 2. The number of carbonyl (C=O) groups excluding carboxylic acids is 2. The molecule has 0 bridgehead atoms. The van der Waals surface area contributed by atoms with Crippen LogP contribution in [0.4, 0.5) is 0 Å². The highest BCUT2D eigenvalue weighted by molar-refractivity contribution is 6.36. The molecule has 1 spiro atoms. The van der Waals surface area contributed by atoms with E-state index in [2.05, 4.69) is 0 Å². The molecule has 1 aliphatic carbocycles. The molecule has 2 heterocycles. The molecular formula is C25H16N2O5. The summed E-state index contributed by atoms with van der Waals surface area (Å²) in [6.07, 6.45) is 0. The molecule has 0 amide bonds. The Bertz CT molecular complexity index is 1620. The Balaban J connectivity index is 1.90. The maximum Gasteiger partial charge on any atom is 0.333 e. The molecule has 0 atom stereocenters. The van der Waals surface area contributed by atoms with Crippen LogP contribution in [0.3, 0.4) is 0 Å². The smallest absolute Gasteiger partial charge is 0.333 e. The highest BCUT2D eigenvalue weighted by Gasteiger charge is 2.62. The molecule has 156 valence electrons. The largest absolute Gasteiger partial charge is 0.440 e. The summed E-state index contributed by atoms with van der Waals surface area (Å²) in [4.78, 5) is 54.3. The third-order valence-electron chi connectivity index (χ3n) is 6.56. The van der Waals surface area contributed by atoms with E-state index in [1.54, 1.807) is 36.4 Å². The minimum Gasteiger partial charge on any atom is -0.440 e. The van der Waals surface area contributed by atoms with Gasteiger partial charge in [-0.2, -0.15) is 0 Å². The number of benzene rings is 3. The Kier molecular flexibility index (Phi) is 3.42. The molecule has 0 unspecified atom stereocenters. The van der Waals surface area contributed by atoms with Crippen LogP contribution in [0.2, 0.25) is 0 Å². The van der Waals surface area contributed by atoms with Crippen molar-refractivity contribution < 1.29 is 14.3 Å². The molecule has 3 aromatic carbocycles. The fourth-order valence-corrected chi connectivity index (χ4v) is 5.06. The van der Waals surface area contributed by atoms with Gasteiger partial charge in [0.1, 0.15) is 11.3 Å². The lowest BCUT2D eigenvalue weighted by Gasteiger charge is -2.35. The number of nitrogens with zero attached hydrogens (tertiary/aromatic N) is 2. The first-order valence-corrected chi connectivity index (χ1v) is 10.1. The SMILES string of the molecule is Cn1c2c(c(=O)n(C)c1=O)C1(C(=O)c3ccccc3C1=O)c1c(ccc3ccccc13)O2. The van der Waals surface area contributed by atoms with Crippen molar-refractivity contribution in [1.82, 2.24) is 9.13 Å². The average Bonchev–Trinajstić information content (AvgIpc) is 3.03. The van der Waals surface area contributed by atoms with E-state index in [9.17, 15) is 19.2 Å². The first-order chi connectivity index (χ1) is 15.4. The number of aromatic nitrogens is 2. The lowest BCUT2D eigenvalue weighted by atomic mass is 9.68. The van der Waals surface area contributed by atoms with E-state index in [1.807, 2.05) is 24.3 Å². The number of carbonyl (C=O) groups is 2. The van der Waals surface area contributed by atoms with Crippen LogP contribution in [0.15, 0.2) is 70.3 Å². The summed E-state index contributed by atoms with van der Waals surface area (Å²) in [6.45, 7) is 0. The molecule has 1 aromatic heterocycles. The van der Waals surface area contributed by atoms with Crippen molar-refractivity contribution in [2.24, 2.45) is 14.1 Å². The van der Waals surface area contributed by atoms with Crippen LogP contribution >= 0.6 is 0 Å². The van der Waals surface area contributed by atoms with Crippen molar-refractivity contribution in [3.05, 3.63) is 104 Å². The van der Waals surface area contributed by atoms with Crippen LogP contribution in [0.1, 0.15) is 31.8 Å². The minimum absolute atomic E-state index is 0.0876. The van der Waals surface area contributed by atoms with Crippen molar-refractivity contribution in [2.75, 3.05) is 0 Å². The van der Waals surface area contributed by atoms with Gasteiger partial charge in [-0.1, -0.05) is 54.6 Å². The molecular weight excluding hydrogens is 408 g/mol. The molecule has 1 aliphatic heterocycles. The molecule has 2 aliphatic rings. The van der Waals surface area contributed by atoms with Crippen LogP contribution in [0.25, 0.3) is 10.8 Å². The van der Waals surface area contributed by atoms with Gasteiger partial charge in [0.05, 0.1) is 0 Å². The Hall–Kier alpha value is -4.26. The molecule has 7 heteroatoms. The Morgan fingerprint density at radius 1 is 0.719 bits per heavy atom. The molecule has 0 fully saturated rings. The number of fused-ring (bicyclic) bond motifs is 7. The monoisotopic (exact) mass is 424 g/mol. The molecule has 0 radical (unpaired) electrons. The molecule has 0 saturated heterocycles. The number of rotatable bonds is 0. The van der Waals surface area contributed by atoms with E-state index >= 15 is 0 Å². The summed E-state index contributed by atoms with van der Waals surface area (Å²) in [5.41, 5.74) is -2.56. The zero-order valence-electron chi connectivity index (χ0n) is 17.2. The first kappa shape index (κ1) is 18.5. The molecule has 0 N–H and O–H groups in total. The second-order valence-electron chi connectivity index (χ2n) is 8.10. The molecule has 7 nitrogen and oxygen atoms in total. The van der Waals surface area contributed by atoms with E-state index in [-0.39, 0.29) is 28.3 Å². The van der Waals surface area contributed by atoms with Crippen LogP contribution in [0.5, 0.6) is 11.6 Å². The fourth-order valence-electron chi connectivity index (χ4n) is 5.06. The van der Waals surface area contributed by atoms with Gasteiger partial charge in [-0.3, -0.25) is 23.5 Å². The second-order valence-corrected chi connectivity index (χ2v) is 8.10. The van der Waals surface area contributed by atoms with Gasteiger partial charge in [0.25, 0.3) is 5.56 Å². The third-order valence-corrected chi connectivity index (χ3v) is 6.56. The lowest BCUT2D eigenvalue weighted by Crippen LogP contribution is -2.51. The van der Waals surface area contributed by atoms with Gasteiger partial charge in [-0.25, -0.2) is 4.79 Å². The van der Waals surface area contributed by atoms with E-state index in [1.165, 1.54) is 18.7 Å². The van der Waals surface area contributed by atoms with Gasteiger partial charge in [-0.05, 0) is 16.8 Å². The van der Waals surface area contributed by atoms with E-state index < -0.39 is 28.2 Å². The van der Waals surface area contributed by atoms with Crippen molar-refractivity contribution in [1.29, 1.82) is 0 Å². The van der Waals surface area contributed by atoms with Crippen molar-refractivity contribution in [3.8, 4) is 11.6 Å². The number of hydrogen-bond acceptors (Lipinski definition) is 5. The Morgan fingerprint density at radius 3 is 2.03 bits per heavy atom. The predicted molar refractivity (Wildman–Crippen MR) is 117 cm³/mol. The van der Waals surface area contributed by atoms with Crippen LogP contribution < -0.4 is 16.0 Å². The standard InChI is InChI=1S/C25H16N2O5/c1-26-22(30)19-23(27(2)24(26)31)32-17-12-11-13-7-3-4-8-14(13)18(17)25(19)20(28)15-9-5-6-10-16(15)21(25)29/h3-12H,1-2H3. The van der Waals surface area contributed by atoms with Gasteiger partial charge in [0, 0.05) is 30.8 Å². The summed E-state index contributed by atoms with van der Waals surface area (Å²) < 4.78 is 8.13. The average molecular weight is 424 g/mol. The van der Waals surface area contributed by atoms with Gasteiger partial charge >= 0.3 is 5.69 Å². The topological polar surface area (TPSA) is 87.4 Å². The summed E-state index contributed by atoms with van der Waals surface area (Å²) >= 11 is 0. The maximum absolute atomic E-state index is 14.1. The first-order valence-electron chi connectivity index (χ1n) is 10.1. The van der Waals surface area contributed by atoms with Gasteiger partial charge < -0.3 is 4.74 Å². The summed E-state index contributed by atoms with van der Waals surface area (Å²) in [5.74, 6) is -0.795. The van der Waals surface area contributed by atoms with Crippen molar-refractivity contribution >= 4 is 22.3 Å². The van der Waals surface area contributed by atoms with Gasteiger partial charge in [0.15, 0.2) is 17.0 Å². The number of ether oxygens (including phenoxy) is 1. The van der Waals surface area contributed by atoms with Crippen molar-refractivity contribution in [2.45, 2.75) is 5.41 Å². The van der Waals surface area contributed by atoms with E-state index in [0.717, 1.165) is 9.95 Å². The number of ketones is 2.